The molecule has 9 heteroatoms. The highest BCUT2D eigenvalue weighted by Crippen LogP contribution is 2.45. The molecule has 1 atom stereocenters. The number of carboxylic acid groups (broad SMARTS) is 1. The fourth-order valence-electron chi connectivity index (χ4n) is 5.53. The largest absolute Gasteiger partial charge is 0.481 e. The summed E-state index contributed by atoms with van der Waals surface area (Å²) in [5.41, 5.74) is 1.77. The molecule has 1 unspecified atom stereocenters. The monoisotopic (exact) mass is 557 g/mol. The molecule has 0 bridgehead atoms. The van der Waals surface area contributed by atoms with Gasteiger partial charge in [0.05, 0.1) is 12.5 Å². The molecule has 1 aliphatic heterocycles. The molecule has 0 aromatic heterocycles. The SMILES string of the molecule is CCCC(c1ccc(C(=O)NCCC(=O)O)cc1)N1C(=O)C(c2cc(Cl)cc(Cl)c2)=NC12CCCCCC2. The first-order valence-corrected chi connectivity index (χ1v) is 14.0. The van der Waals surface area contributed by atoms with Crippen LogP contribution >= 0.6 is 23.2 Å². The molecule has 2 aromatic carbocycles. The van der Waals surface area contributed by atoms with E-state index < -0.39 is 11.6 Å². The van der Waals surface area contributed by atoms with Gasteiger partial charge in [-0.2, -0.15) is 0 Å². The van der Waals surface area contributed by atoms with Crippen molar-refractivity contribution >= 4 is 46.7 Å². The number of nitrogens with zero attached hydrogens (tertiary/aromatic N) is 2. The van der Waals surface area contributed by atoms with Gasteiger partial charge in [-0.3, -0.25) is 19.4 Å². The lowest BCUT2D eigenvalue weighted by atomic mass is 9.92. The highest BCUT2D eigenvalue weighted by Gasteiger charge is 2.50. The average molecular weight is 559 g/mol. The van der Waals surface area contributed by atoms with Gasteiger partial charge in [0, 0.05) is 27.7 Å². The van der Waals surface area contributed by atoms with Crippen molar-refractivity contribution in [3.63, 3.8) is 0 Å². The van der Waals surface area contributed by atoms with E-state index in [1.165, 1.54) is 0 Å². The van der Waals surface area contributed by atoms with Crippen molar-refractivity contribution in [2.45, 2.75) is 76.4 Å². The van der Waals surface area contributed by atoms with E-state index in [4.69, 9.17) is 33.3 Å². The minimum absolute atomic E-state index is 0.0623. The number of amides is 2. The normalized spacial score (nSPS) is 17.7. The second-order valence-electron chi connectivity index (χ2n) is 10.0. The van der Waals surface area contributed by atoms with Crippen molar-refractivity contribution in [1.29, 1.82) is 0 Å². The van der Waals surface area contributed by atoms with Crippen molar-refractivity contribution in [1.82, 2.24) is 10.2 Å². The first-order valence-electron chi connectivity index (χ1n) is 13.2. The Kier molecular flexibility index (Phi) is 9.11. The van der Waals surface area contributed by atoms with Gasteiger partial charge in [-0.25, -0.2) is 0 Å². The summed E-state index contributed by atoms with van der Waals surface area (Å²) in [6.45, 7) is 2.16. The summed E-state index contributed by atoms with van der Waals surface area (Å²) in [4.78, 5) is 44.5. The Morgan fingerprint density at radius 2 is 1.68 bits per heavy atom. The Bertz CT molecular complexity index is 1200. The fourth-order valence-corrected chi connectivity index (χ4v) is 6.06. The van der Waals surface area contributed by atoms with Crippen LogP contribution in [0.2, 0.25) is 10.0 Å². The van der Waals surface area contributed by atoms with Gasteiger partial charge in [0.15, 0.2) is 0 Å². The van der Waals surface area contributed by atoms with E-state index in [1.807, 2.05) is 17.0 Å². The van der Waals surface area contributed by atoms with Gasteiger partial charge in [-0.1, -0.05) is 61.5 Å². The third-order valence-corrected chi connectivity index (χ3v) is 7.72. The van der Waals surface area contributed by atoms with Crippen LogP contribution in [-0.4, -0.2) is 45.7 Å². The smallest absolute Gasteiger partial charge is 0.305 e. The highest BCUT2D eigenvalue weighted by atomic mass is 35.5. The van der Waals surface area contributed by atoms with Crippen molar-refractivity contribution in [2.75, 3.05) is 6.54 Å². The first kappa shape index (κ1) is 28.1. The molecule has 38 heavy (non-hydrogen) atoms. The molecular formula is C29H33Cl2N3O4. The van der Waals surface area contributed by atoms with E-state index in [-0.39, 0.29) is 30.8 Å². The second-order valence-corrected chi connectivity index (χ2v) is 10.9. The minimum atomic E-state index is -0.965. The summed E-state index contributed by atoms with van der Waals surface area (Å²) >= 11 is 12.6. The Hall–Kier alpha value is -2.90. The maximum Gasteiger partial charge on any atom is 0.305 e. The molecule has 7 nitrogen and oxygen atoms in total. The lowest BCUT2D eigenvalue weighted by molar-refractivity contribution is -0.137. The number of aliphatic imine (C=N–C) groups is 1. The summed E-state index contributed by atoms with van der Waals surface area (Å²) in [5, 5.41) is 12.3. The summed E-state index contributed by atoms with van der Waals surface area (Å²) in [5.74, 6) is -1.42. The molecule has 1 spiro atoms. The second kappa shape index (κ2) is 12.3. The predicted octanol–water partition coefficient (Wildman–Crippen LogP) is 6.42. The van der Waals surface area contributed by atoms with Crippen LogP contribution in [-0.2, 0) is 9.59 Å². The molecule has 2 aromatic rings. The van der Waals surface area contributed by atoms with Gasteiger partial charge in [0.25, 0.3) is 11.8 Å². The van der Waals surface area contributed by atoms with Gasteiger partial charge >= 0.3 is 5.97 Å². The fraction of sp³-hybridized carbons (Fsp3) is 0.448. The molecule has 1 fully saturated rings. The van der Waals surface area contributed by atoms with Gasteiger partial charge in [0.2, 0.25) is 0 Å². The third-order valence-electron chi connectivity index (χ3n) is 7.29. The van der Waals surface area contributed by atoms with Crippen molar-refractivity contribution in [2.24, 2.45) is 4.99 Å². The van der Waals surface area contributed by atoms with E-state index >= 15 is 0 Å². The number of carboxylic acids is 1. The van der Waals surface area contributed by atoms with Crippen LogP contribution in [0.15, 0.2) is 47.5 Å². The van der Waals surface area contributed by atoms with Gasteiger partial charge in [-0.15, -0.1) is 0 Å². The quantitative estimate of drug-likeness (QED) is 0.371. The van der Waals surface area contributed by atoms with Gasteiger partial charge in [0.1, 0.15) is 11.4 Å². The van der Waals surface area contributed by atoms with E-state index in [2.05, 4.69) is 12.2 Å². The number of halogens is 2. The van der Waals surface area contributed by atoms with Crippen LogP contribution in [0.3, 0.4) is 0 Å². The molecular weight excluding hydrogens is 525 g/mol. The number of hydrogen-bond acceptors (Lipinski definition) is 4. The zero-order chi connectivity index (χ0) is 27.3. The number of nitrogens with one attached hydrogen (secondary N) is 1. The average Bonchev–Trinajstić information content (AvgIpc) is 3.00. The maximum atomic E-state index is 14.1. The minimum Gasteiger partial charge on any atom is -0.481 e. The van der Waals surface area contributed by atoms with E-state index in [0.29, 0.717) is 26.9 Å². The Labute approximate surface area is 233 Å². The molecule has 202 valence electrons. The molecule has 1 heterocycles. The van der Waals surface area contributed by atoms with Gasteiger partial charge in [-0.05, 0) is 68.0 Å². The van der Waals surface area contributed by atoms with Crippen LogP contribution in [0, 0.1) is 0 Å². The molecule has 0 saturated heterocycles. The maximum absolute atomic E-state index is 14.1. The zero-order valence-electron chi connectivity index (χ0n) is 21.5. The summed E-state index contributed by atoms with van der Waals surface area (Å²) in [7, 11) is 0. The van der Waals surface area contributed by atoms with Crippen molar-refractivity contribution in [3.8, 4) is 0 Å². The van der Waals surface area contributed by atoms with Crippen LogP contribution < -0.4 is 5.32 Å². The molecule has 2 N–H and O–H groups in total. The molecule has 2 amide bonds. The summed E-state index contributed by atoms with van der Waals surface area (Å²) in [6, 6.07) is 12.1. The highest BCUT2D eigenvalue weighted by molar-refractivity contribution is 6.47. The number of carbonyl (C=O) groups is 3. The number of hydrogen-bond donors (Lipinski definition) is 2. The zero-order valence-corrected chi connectivity index (χ0v) is 23.0. The molecule has 1 aliphatic carbocycles. The third kappa shape index (κ3) is 6.21. The van der Waals surface area contributed by atoms with E-state index in [9.17, 15) is 14.4 Å². The van der Waals surface area contributed by atoms with Crippen LogP contribution in [0.1, 0.15) is 92.2 Å². The molecule has 1 saturated carbocycles. The first-order chi connectivity index (χ1) is 18.2. The lowest BCUT2D eigenvalue weighted by Crippen LogP contribution is -2.48. The number of aliphatic carboxylic acids is 1. The Morgan fingerprint density at radius 1 is 1.05 bits per heavy atom. The van der Waals surface area contributed by atoms with Crippen molar-refractivity contribution < 1.29 is 19.5 Å². The van der Waals surface area contributed by atoms with Crippen LogP contribution in [0.4, 0.5) is 0 Å². The standard InChI is InChI=1S/C29H33Cl2N3O4/c1-2-7-24(19-8-10-20(11-9-19)27(37)32-15-12-25(35)36)34-28(38)26(21-16-22(30)18-23(31)17-21)33-29(34)13-5-3-4-6-14-29/h8-11,16-18,24H,2-7,12-15H2,1H3,(H,32,37)(H,35,36). The summed E-state index contributed by atoms with van der Waals surface area (Å²) < 4.78 is 0. The summed E-state index contributed by atoms with van der Waals surface area (Å²) in [6.07, 6.45) is 7.26. The predicted molar refractivity (Wildman–Crippen MR) is 149 cm³/mol. The van der Waals surface area contributed by atoms with E-state index in [0.717, 1.165) is 56.9 Å². The van der Waals surface area contributed by atoms with Crippen LogP contribution in [0.5, 0.6) is 0 Å². The number of carbonyl (C=O) groups excluding carboxylic acids is 2. The Morgan fingerprint density at radius 3 is 2.26 bits per heavy atom. The Balaban J connectivity index is 1.68. The molecule has 4 rings (SSSR count). The molecule has 2 aliphatic rings. The number of benzene rings is 2. The van der Waals surface area contributed by atoms with Crippen molar-refractivity contribution in [3.05, 3.63) is 69.2 Å². The van der Waals surface area contributed by atoms with Gasteiger partial charge < -0.3 is 15.3 Å². The topological polar surface area (TPSA) is 99.1 Å². The molecule has 0 radical (unpaired) electrons. The number of rotatable bonds is 9. The lowest BCUT2D eigenvalue weighted by Gasteiger charge is -2.41. The van der Waals surface area contributed by atoms with E-state index in [1.54, 1.807) is 30.3 Å². The van der Waals surface area contributed by atoms with Crippen LogP contribution in [0.25, 0.3) is 0 Å².